The number of nitrogens with zero attached hydrogens (tertiary/aromatic N) is 4. The summed E-state index contributed by atoms with van der Waals surface area (Å²) in [6.45, 7) is 1.88. The summed E-state index contributed by atoms with van der Waals surface area (Å²) in [5, 5.41) is 0. The maximum atomic E-state index is 5.56. The molecule has 0 atom stereocenters. The lowest BCUT2D eigenvalue weighted by molar-refractivity contribution is 0.338. The lowest BCUT2D eigenvalue weighted by Crippen LogP contribution is -2.31. The number of benzene rings is 1. The molecule has 96 valence electrons. The Bertz CT molecular complexity index is 556. The average molecular weight is 254 g/mol. The minimum absolute atomic E-state index is 0.545. The molecule has 1 aliphatic heterocycles. The maximum Gasteiger partial charge on any atom is 0.292 e. The quantitative estimate of drug-likeness (QED) is 0.839. The number of rotatable bonds is 3. The monoisotopic (exact) mass is 254 g/mol. The van der Waals surface area contributed by atoms with Crippen molar-refractivity contribution in [3.8, 4) is 0 Å². The SMILES string of the molecule is c1ccc(N(Cc2ncccn2)C2=NCCO2)cc1. The second-order valence-electron chi connectivity index (χ2n) is 4.10. The van der Waals surface area contributed by atoms with Crippen LogP contribution < -0.4 is 4.90 Å². The van der Waals surface area contributed by atoms with Crippen LogP contribution in [0.3, 0.4) is 0 Å². The lowest BCUT2D eigenvalue weighted by atomic mass is 10.3. The van der Waals surface area contributed by atoms with Gasteiger partial charge in [0.2, 0.25) is 0 Å². The van der Waals surface area contributed by atoms with Crippen LogP contribution in [0.1, 0.15) is 5.82 Å². The molecule has 0 aliphatic carbocycles. The number of aliphatic imine (C=N–C) groups is 1. The first-order valence-corrected chi connectivity index (χ1v) is 6.19. The van der Waals surface area contributed by atoms with Gasteiger partial charge in [0.1, 0.15) is 12.4 Å². The fraction of sp³-hybridized carbons (Fsp3) is 0.214. The molecular weight excluding hydrogens is 240 g/mol. The van der Waals surface area contributed by atoms with E-state index in [1.54, 1.807) is 18.5 Å². The Labute approximate surface area is 111 Å². The Morgan fingerprint density at radius 1 is 1.05 bits per heavy atom. The molecule has 0 saturated carbocycles. The van der Waals surface area contributed by atoms with Gasteiger partial charge in [0, 0.05) is 18.1 Å². The Balaban J connectivity index is 1.89. The fourth-order valence-electron chi connectivity index (χ4n) is 1.92. The molecule has 19 heavy (non-hydrogen) atoms. The van der Waals surface area contributed by atoms with Crippen LogP contribution in [-0.4, -0.2) is 29.1 Å². The van der Waals surface area contributed by atoms with Crippen molar-refractivity contribution in [2.45, 2.75) is 6.54 Å². The summed E-state index contributed by atoms with van der Waals surface area (Å²) in [6, 6.07) is 12.4. The molecule has 5 heteroatoms. The van der Waals surface area contributed by atoms with Gasteiger partial charge in [-0.3, -0.25) is 4.90 Å². The first-order valence-electron chi connectivity index (χ1n) is 6.19. The van der Waals surface area contributed by atoms with Gasteiger partial charge in [0.15, 0.2) is 0 Å². The van der Waals surface area contributed by atoms with Crippen LogP contribution in [0.4, 0.5) is 5.69 Å². The van der Waals surface area contributed by atoms with E-state index >= 15 is 0 Å². The van der Waals surface area contributed by atoms with Crippen LogP contribution in [0.25, 0.3) is 0 Å². The van der Waals surface area contributed by atoms with Crippen LogP contribution in [0.2, 0.25) is 0 Å². The maximum absolute atomic E-state index is 5.56. The summed E-state index contributed by atoms with van der Waals surface area (Å²) in [6.07, 6.45) is 3.48. The van der Waals surface area contributed by atoms with E-state index in [-0.39, 0.29) is 0 Å². The highest BCUT2D eigenvalue weighted by atomic mass is 16.5. The highest BCUT2D eigenvalue weighted by Crippen LogP contribution is 2.18. The van der Waals surface area contributed by atoms with Crippen molar-refractivity contribution >= 4 is 11.7 Å². The van der Waals surface area contributed by atoms with Crippen LogP contribution in [0, 0.1) is 0 Å². The van der Waals surface area contributed by atoms with E-state index in [0.29, 0.717) is 25.7 Å². The predicted molar refractivity (Wildman–Crippen MR) is 72.9 cm³/mol. The average Bonchev–Trinajstić information content (AvgIpc) is 3.01. The number of hydrogen-bond donors (Lipinski definition) is 0. The van der Waals surface area contributed by atoms with Crippen LogP contribution in [0.5, 0.6) is 0 Å². The Kier molecular flexibility index (Phi) is 3.36. The van der Waals surface area contributed by atoms with Crippen LogP contribution in [0.15, 0.2) is 53.8 Å². The molecule has 3 rings (SSSR count). The molecule has 1 aromatic heterocycles. The molecule has 1 aromatic carbocycles. The van der Waals surface area contributed by atoms with Crippen molar-refractivity contribution in [3.05, 3.63) is 54.6 Å². The van der Waals surface area contributed by atoms with Crippen LogP contribution in [-0.2, 0) is 11.3 Å². The first-order chi connectivity index (χ1) is 9.43. The molecule has 5 nitrogen and oxygen atoms in total. The van der Waals surface area contributed by atoms with Crippen LogP contribution >= 0.6 is 0 Å². The molecule has 2 heterocycles. The lowest BCUT2D eigenvalue weighted by Gasteiger charge is -2.22. The van der Waals surface area contributed by atoms with Gasteiger partial charge in [0.25, 0.3) is 6.02 Å². The topological polar surface area (TPSA) is 50.6 Å². The molecule has 0 fully saturated rings. The molecule has 0 bridgehead atoms. The van der Waals surface area contributed by atoms with E-state index < -0.39 is 0 Å². The largest absolute Gasteiger partial charge is 0.463 e. The van der Waals surface area contributed by atoms with Crippen molar-refractivity contribution in [1.29, 1.82) is 0 Å². The number of aromatic nitrogens is 2. The van der Waals surface area contributed by atoms with E-state index in [2.05, 4.69) is 15.0 Å². The standard InChI is InChI=1S/C14H14N4O/c1-2-5-12(6-3-1)18(14-17-9-10-19-14)11-13-15-7-4-8-16-13/h1-8H,9-11H2. The molecule has 0 unspecified atom stereocenters. The molecule has 0 amide bonds. The van der Waals surface area contributed by atoms with Gasteiger partial charge >= 0.3 is 0 Å². The van der Waals surface area contributed by atoms with Crippen molar-refractivity contribution in [1.82, 2.24) is 9.97 Å². The van der Waals surface area contributed by atoms with E-state index in [1.165, 1.54) is 0 Å². The molecule has 0 radical (unpaired) electrons. The zero-order valence-corrected chi connectivity index (χ0v) is 10.4. The van der Waals surface area contributed by atoms with E-state index in [0.717, 1.165) is 11.5 Å². The first kappa shape index (κ1) is 11.6. The summed E-state index contributed by atoms with van der Waals surface area (Å²) in [4.78, 5) is 14.9. The zero-order chi connectivity index (χ0) is 12.9. The molecular formula is C14H14N4O. The summed E-state index contributed by atoms with van der Waals surface area (Å²) in [5.74, 6) is 0.740. The normalized spacial score (nSPS) is 13.8. The number of amidine groups is 1. The zero-order valence-electron chi connectivity index (χ0n) is 10.4. The minimum atomic E-state index is 0.545. The van der Waals surface area contributed by atoms with E-state index in [4.69, 9.17) is 4.74 Å². The third-order valence-corrected chi connectivity index (χ3v) is 2.79. The summed E-state index contributed by atoms with van der Waals surface area (Å²) in [5.41, 5.74) is 1.02. The summed E-state index contributed by atoms with van der Waals surface area (Å²) >= 11 is 0. The van der Waals surface area contributed by atoms with Crippen molar-refractivity contribution in [2.75, 3.05) is 18.1 Å². The molecule has 0 spiro atoms. The highest BCUT2D eigenvalue weighted by molar-refractivity contribution is 5.92. The third-order valence-electron chi connectivity index (χ3n) is 2.79. The predicted octanol–water partition coefficient (Wildman–Crippen LogP) is 1.87. The minimum Gasteiger partial charge on any atom is -0.463 e. The smallest absolute Gasteiger partial charge is 0.292 e. The van der Waals surface area contributed by atoms with Crippen molar-refractivity contribution < 1.29 is 4.74 Å². The second-order valence-corrected chi connectivity index (χ2v) is 4.10. The number of para-hydroxylation sites is 1. The molecule has 0 saturated heterocycles. The second kappa shape index (κ2) is 5.48. The molecule has 2 aromatic rings. The third kappa shape index (κ3) is 2.70. The van der Waals surface area contributed by atoms with Gasteiger partial charge in [-0.2, -0.15) is 0 Å². The van der Waals surface area contributed by atoms with Crippen molar-refractivity contribution in [2.24, 2.45) is 4.99 Å². The van der Waals surface area contributed by atoms with Gasteiger partial charge in [-0.15, -0.1) is 0 Å². The van der Waals surface area contributed by atoms with Gasteiger partial charge in [0.05, 0.1) is 13.1 Å². The van der Waals surface area contributed by atoms with Crippen molar-refractivity contribution in [3.63, 3.8) is 0 Å². The highest BCUT2D eigenvalue weighted by Gasteiger charge is 2.19. The number of ether oxygens (including phenoxy) is 1. The number of hydrogen-bond acceptors (Lipinski definition) is 5. The molecule has 1 aliphatic rings. The van der Waals surface area contributed by atoms with E-state index in [1.807, 2.05) is 35.2 Å². The van der Waals surface area contributed by atoms with Gasteiger partial charge in [-0.05, 0) is 18.2 Å². The Morgan fingerprint density at radius 2 is 1.84 bits per heavy atom. The molecule has 0 N–H and O–H groups in total. The van der Waals surface area contributed by atoms with E-state index in [9.17, 15) is 0 Å². The Hall–Kier alpha value is -2.43. The van der Waals surface area contributed by atoms with Gasteiger partial charge in [-0.1, -0.05) is 18.2 Å². The van der Waals surface area contributed by atoms with Gasteiger partial charge < -0.3 is 4.74 Å². The number of anilines is 1. The summed E-state index contributed by atoms with van der Waals surface area (Å²) < 4.78 is 5.56. The summed E-state index contributed by atoms with van der Waals surface area (Å²) in [7, 11) is 0. The van der Waals surface area contributed by atoms with Gasteiger partial charge in [-0.25, -0.2) is 15.0 Å². The fourth-order valence-corrected chi connectivity index (χ4v) is 1.92. The Morgan fingerprint density at radius 3 is 2.53 bits per heavy atom.